The number of benzene rings is 1. The summed E-state index contributed by atoms with van der Waals surface area (Å²) in [5, 5.41) is 12.6. The van der Waals surface area contributed by atoms with Crippen LogP contribution in [0.25, 0.3) is 0 Å². The van der Waals surface area contributed by atoms with Crippen molar-refractivity contribution in [2.75, 3.05) is 4.90 Å². The maximum atomic E-state index is 12.6. The SMILES string of the molecule is CC(=O)N1c2ccccc2C[C@H]1C(=O)NC1CCC(O)CC1. The summed E-state index contributed by atoms with van der Waals surface area (Å²) >= 11 is 0. The number of para-hydroxylation sites is 1. The van der Waals surface area contributed by atoms with E-state index in [0.717, 1.165) is 36.9 Å². The molecule has 1 aliphatic heterocycles. The molecule has 1 aliphatic carbocycles. The monoisotopic (exact) mass is 302 g/mol. The number of aliphatic hydroxyl groups excluding tert-OH is 1. The highest BCUT2D eigenvalue weighted by Gasteiger charge is 2.37. The van der Waals surface area contributed by atoms with Gasteiger partial charge in [-0.25, -0.2) is 0 Å². The predicted octanol–water partition coefficient (Wildman–Crippen LogP) is 1.38. The average Bonchev–Trinajstić information content (AvgIpc) is 2.89. The standard InChI is InChI=1S/C17H22N2O3/c1-11(20)19-15-5-3-2-4-12(15)10-16(19)17(22)18-13-6-8-14(21)9-7-13/h2-5,13-14,16,21H,6-10H2,1H3,(H,18,22)/t13?,14?,16-/m0/s1. The van der Waals surface area contributed by atoms with Crippen LogP contribution in [0.3, 0.4) is 0 Å². The molecule has 1 aromatic carbocycles. The number of carbonyl (C=O) groups excluding carboxylic acids is 2. The summed E-state index contributed by atoms with van der Waals surface area (Å²) in [6.07, 6.45) is 3.38. The van der Waals surface area contributed by atoms with E-state index in [4.69, 9.17) is 0 Å². The Labute approximate surface area is 130 Å². The molecule has 118 valence electrons. The van der Waals surface area contributed by atoms with Crippen LogP contribution in [-0.4, -0.2) is 35.1 Å². The Kier molecular flexibility index (Phi) is 4.16. The van der Waals surface area contributed by atoms with Crippen LogP contribution in [0.2, 0.25) is 0 Å². The highest BCUT2D eigenvalue weighted by molar-refractivity contribution is 6.02. The first-order valence-corrected chi connectivity index (χ1v) is 7.92. The van der Waals surface area contributed by atoms with Gasteiger partial charge in [-0.05, 0) is 37.3 Å². The molecule has 0 aromatic heterocycles. The van der Waals surface area contributed by atoms with Crippen molar-refractivity contribution in [3.8, 4) is 0 Å². The largest absolute Gasteiger partial charge is 0.393 e. The second-order valence-electron chi connectivity index (χ2n) is 6.25. The van der Waals surface area contributed by atoms with Crippen LogP contribution in [0, 0.1) is 0 Å². The smallest absolute Gasteiger partial charge is 0.243 e. The molecule has 3 rings (SSSR count). The topological polar surface area (TPSA) is 69.6 Å². The number of carbonyl (C=O) groups is 2. The van der Waals surface area contributed by atoms with E-state index in [-0.39, 0.29) is 24.0 Å². The Hall–Kier alpha value is -1.88. The van der Waals surface area contributed by atoms with E-state index in [1.807, 2.05) is 24.3 Å². The number of rotatable bonds is 2. The van der Waals surface area contributed by atoms with Gasteiger partial charge in [0, 0.05) is 25.1 Å². The van der Waals surface area contributed by atoms with Gasteiger partial charge in [0.25, 0.3) is 0 Å². The molecule has 2 N–H and O–H groups in total. The molecule has 0 bridgehead atoms. The maximum absolute atomic E-state index is 12.6. The lowest BCUT2D eigenvalue weighted by molar-refractivity contribution is -0.126. The normalized spacial score (nSPS) is 27.4. The molecular weight excluding hydrogens is 280 g/mol. The lowest BCUT2D eigenvalue weighted by Crippen LogP contribution is -2.50. The zero-order valence-electron chi connectivity index (χ0n) is 12.8. The van der Waals surface area contributed by atoms with Crippen molar-refractivity contribution in [2.45, 2.75) is 57.2 Å². The molecule has 1 saturated carbocycles. The molecule has 5 heteroatoms. The van der Waals surface area contributed by atoms with E-state index in [2.05, 4.69) is 5.32 Å². The Morgan fingerprint density at radius 3 is 2.55 bits per heavy atom. The van der Waals surface area contributed by atoms with E-state index < -0.39 is 6.04 Å². The Bertz CT molecular complexity index is 579. The van der Waals surface area contributed by atoms with Gasteiger partial charge in [-0.1, -0.05) is 18.2 Å². The van der Waals surface area contributed by atoms with Gasteiger partial charge in [0.1, 0.15) is 6.04 Å². The van der Waals surface area contributed by atoms with Crippen LogP contribution in [0.1, 0.15) is 38.2 Å². The third-order valence-electron chi connectivity index (χ3n) is 4.66. The van der Waals surface area contributed by atoms with Crippen LogP contribution >= 0.6 is 0 Å². The molecule has 2 aliphatic rings. The summed E-state index contributed by atoms with van der Waals surface area (Å²) in [5.74, 6) is -0.197. The third-order valence-corrected chi connectivity index (χ3v) is 4.66. The first-order chi connectivity index (χ1) is 10.6. The molecule has 1 fully saturated rings. The van der Waals surface area contributed by atoms with Gasteiger partial charge in [-0.2, -0.15) is 0 Å². The van der Waals surface area contributed by atoms with E-state index in [1.54, 1.807) is 4.90 Å². The van der Waals surface area contributed by atoms with Crippen LogP contribution in [0.4, 0.5) is 5.69 Å². The van der Waals surface area contributed by atoms with Gasteiger partial charge in [0.15, 0.2) is 0 Å². The Balaban J connectivity index is 1.71. The first-order valence-electron chi connectivity index (χ1n) is 7.92. The van der Waals surface area contributed by atoms with Crippen molar-refractivity contribution in [3.05, 3.63) is 29.8 Å². The van der Waals surface area contributed by atoms with E-state index in [1.165, 1.54) is 6.92 Å². The molecular formula is C17H22N2O3. The lowest BCUT2D eigenvalue weighted by Gasteiger charge is -2.29. The second kappa shape index (κ2) is 6.08. The molecule has 1 atom stereocenters. The summed E-state index contributed by atoms with van der Waals surface area (Å²) in [7, 11) is 0. The molecule has 22 heavy (non-hydrogen) atoms. The molecule has 2 amide bonds. The second-order valence-corrected chi connectivity index (χ2v) is 6.25. The van der Waals surface area contributed by atoms with Crippen LogP contribution in [-0.2, 0) is 16.0 Å². The van der Waals surface area contributed by atoms with Crippen molar-refractivity contribution in [2.24, 2.45) is 0 Å². The van der Waals surface area contributed by atoms with Crippen molar-refractivity contribution >= 4 is 17.5 Å². The lowest BCUT2D eigenvalue weighted by atomic mass is 9.93. The number of hydrogen-bond acceptors (Lipinski definition) is 3. The molecule has 1 aromatic rings. The van der Waals surface area contributed by atoms with Gasteiger partial charge < -0.3 is 10.4 Å². The van der Waals surface area contributed by atoms with Gasteiger partial charge in [0.2, 0.25) is 11.8 Å². The minimum atomic E-state index is -0.457. The molecule has 0 spiro atoms. The van der Waals surface area contributed by atoms with Gasteiger partial charge >= 0.3 is 0 Å². The highest BCUT2D eigenvalue weighted by Crippen LogP contribution is 2.32. The molecule has 5 nitrogen and oxygen atoms in total. The number of nitrogens with one attached hydrogen (secondary N) is 1. The van der Waals surface area contributed by atoms with Crippen molar-refractivity contribution in [1.82, 2.24) is 5.32 Å². The fourth-order valence-electron chi connectivity index (χ4n) is 3.50. The number of hydrogen-bond donors (Lipinski definition) is 2. The Morgan fingerprint density at radius 1 is 1.18 bits per heavy atom. The zero-order valence-corrected chi connectivity index (χ0v) is 12.8. The van der Waals surface area contributed by atoms with Crippen molar-refractivity contribution in [1.29, 1.82) is 0 Å². The molecule has 0 saturated heterocycles. The van der Waals surface area contributed by atoms with E-state index in [0.29, 0.717) is 6.42 Å². The fraction of sp³-hybridized carbons (Fsp3) is 0.529. The van der Waals surface area contributed by atoms with Gasteiger partial charge in [-0.3, -0.25) is 14.5 Å². The van der Waals surface area contributed by atoms with Crippen molar-refractivity contribution in [3.63, 3.8) is 0 Å². The quantitative estimate of drug-likeness (QED) is 0.867. The van der Waals surface area contributed by atoms with Gasteiger partial charge in [-0.15, -0.1) is 0 Å². The van der Waals surface area contributed by atoms with Crippen LogP contribution < -0.4 is 10.2 Å². The highest BCUT2D eigenvalue weighted by atomic mass is 16.3. The Morgan fingerprint density at radius 2 is 1.86 bits per heavy atom. The zero-order chi connectivity index (χ0) is 15.7. The first kappa shape index (κ1) is 15.0. The number of aliphatic hydroxyl groups is 1. The molecule has 1 heterocycles. The van der Waals surface area contributed by atoms with Crippen molar-refractivity contribution < 1.29 is 14.7 Å². The predicted molar refractivity (Wildman–Crippen MR) is 83.5 cm³/mol. The van der Waals surface area contributed by atoms with Gasteiger partial charge in [0.05, 0.1) is 6.10 Å². The summed E-state index contributed by atoms with van der Waals surface area (Å²) in [6.45, 7) is 1.50. The number of fused-ring (bicyclic) bond motifs is 1. The summed E-state index contributed by atoms with van der Waals surface area (Å²) < 4.78 is 0. The third kappa shape index (κ3) is 2.86. The molecule has 0 radical (unpaired) electrons. The number of nitrogens with zero attached hydrogens (tertiary/aromatic N) is 1. The minimum Gasteiger partial charge on any atom is -0.393 e. The van der Waals surface area contributed by atoms with E-state index in [9.17, 15) is 14.7 Å². The maximum Gasteiger partial charge on any atom is 0.243 e. The minimum absolute atomic E-state index is 0.0900. The molecule has 0 unspecified atom stereocenters. The fourth-order valence-corrected chi connectivity index (χ4v) is 3.50. The number of anilines is 1. The van der Waals surface area contributed by atoms with Crippen LogP contribution in [0.15, 0.2) is 24.3 Å². The average molecular weight is 302 g/mol. The summed E-state index contributed by atoms with van der Waals surface area (Å²) in [4.78, 5) is 26.2. The number of amides is 2. The summed E-state index contributed by atoms with van der Waals surface area (Å²) in [6, 6.07) is 7.32. The summed E-state index contributed by atoms with van der Waals surface area (Å²) in [5.41, 5.74) is 1.88. The van der Waals surface area contributed by atoms with Crippen LogP contribution in [0.5, 0.6) is 0 Å². The van der Waals surface area contributed by atoms with E-state index >= 15 is 0 Å².